The fourth-order valence-corrected chi connectivity index (χ4v) is 7.95. The fraction of sp³-hybridized carbons (Fsp3) is 0.440. The summed E-state index contributed by atoms with van der Waals surface area (Å²) < 4.78 is 53.0. The number of nitrogens with zero attached hydrogens (tertiary/aromatic N) is 7. The topological polar surface area (TPSA) is 95.3 Å². The van der Waals surface area contributed by atoms with E-state index in [-0.39, 0.29) is 11.5 Å². The van der Waals surface area contributed by atoms with E-state index in [0.29, 0.717) is 35.6 Å². The van der Waals surface area contributed by atoms with Crippen LogP contribution in [0.25, 0.3) is 17.2 Å². The van der Waals surface area contributed by atoms with Crippen LogP contribution in [-0.4, -0.2) is 75.8 Å². The summed E-state index contributed by atoms with van der Waals surface area (Å²) in [4.78, 5) is 18.1. The summed E-state index contributed by atoms with van der Waals surface area (Å²) in [6, 6.07) is 4.76. The Morgan fingerprint density at radius 3 is 2.66 bits per heavy atom. The lowest BCUT2D eigenvalue weighted by Gasteiger charge is -2.58. The second kappa shape index (κ2) is 8.60. The zero-order valence-corrected chi connectivity index (χ0v) is 21.1. The molecule has 0 radical (unpaired) electrons. The van der Waals surface area contributed by atoms with Gasteiger partial charge in [-0.05, 0) is 36.5 Å². The van der Waals surface area contributed by atoms with Crippen LogP contribution in [0.5, 0.6) is 0 Å². The number of rotatable bonds is 4. The van der Waals surface area contributed by atoms with Crippen LogP contribution in [0.3, 0.4) is 0 Å². The molecule has 38 heavy (non-hydrogen) atoms. The van der Waals surface area contributed by atoms with Gasteiger partial charge in [0.15, 0.2) is 5.82 Å². The van der Waals surface area contributed by atoms with Gasteiger partial charge in [-0.3, -0.25) is 18.6 Å². The number of H-pyrrole nitrogens is 1. The minimum Gasteiger partial charge on any atom is -0.353 e. The van der Waals surface area contributed by atoms with Gasteiger partial charge in [0.2, 0.25) is 0 Å². The number of hydrogen-bond donors (Lipinski definition) is 1. The highest BCUT2D eigenvalue weighted by Crippen LogP contribution is 2.52. The number of imidazole rings is 1. The monoisotopic (exact) mass is 542 g/mol. The van der Waals surface area contributed by atoms with Crippen LogP contribution < -0.4 is 4.90 Å². The highest BCUT2D eigenvalue weighted by Gasteiger charge is 2.55. The number of piperazine rings is 1. The van der Waals surface area contributed by atoms with Crippen LogP contribution in [0, 0.1) is 5.41 Å². The summed E-state index contributed by atoms with van der Waals surface area (Å²) in [6.45, 7) is 2.28. The van der Waals surface area contributed by atoms with Gasteiger partial charge in [0.25, 0.3) is 0 Å². The molecule has 1 aliphatic carbocycles. The zero-order chi connectivity index (χ0) is 26.1. The average Bonchev–Trinajstić information content (AvgIpc) is 3.55. The van der Waals surface area contributed by atoms with Crippen LogP contribution in [0.15, 0.2) is 49.2 Å². The SMILES string of the molecule is O=S1CC2(CC(N3CCN(c4ccnc(-c5cnc6ccc(C(F)(F)F)cn56)n4)CC3c3cn[nH]c3)C2)C1. The first-order valence-corrected chi connectivity index (χ1v) is 14.0. The van der Waals surface area contributed by atoms with Gasteiger partial charge < -0.3 is 4.90 Å². The van der Waals surface area contributed by atoms with Gasteiger partial charge in [-0.1, -0.05) is 0 Å². The number of aromatic nitrogens is 6. The molecule has 9 nitrogen and oxygen atoms in total. The van der Waals surface area contributed by atoms with Crippen molar-refractivity contribution in [3.63, 3.8) is 0 Å². The van der Waals surface area contributed by atoms with Gasteiger partial charge in [-0.15, -0.1) is 0 Å². The van der Waals surface area contributed by atoms with Crippen LogP contribution >= 0.6 is 0 Å². The van der Waals surface area contributed by atoms with Crippen molar-refractivity contribution < 1.29 is 17.4 Å². The average molecular weight is 543 g/mol. The molecule has 1 atom stereocenters. The van der Waals surface area contributed by atoms with E-state index in [9.17, 15) is 17.4 Å². The molecule has 4 aromatic rings. The van der Waals surface area contributed by atoms with Crippen LogP contribution in [0.1, 0.15) is 30.0 Å². The Kier molecular flexibility index (Phi) is 5.38. The normalized spacial score (nSPS) is 28.0. The fourth-order valence-electron chi connectivity index (χ4n) is 6.20. The summed E-state index contributed by atoms with van der Waals surface area (Å²) in [5.74, 6) is 2.69. The van der Waals surface area contributed by atoms with E-state index in [2.05, 4.69) is 30.0 Å². The van der Waals surface area contributed by atoms with Gasteiger partial charge >= 0.3 is 6.18 Å². The van der Waals surface area contributed by atoms with Gasteiger partial charge in [0, 0.05) is 72.1 Å². The van der Waals surface area contributed by atoms with Gasteiger partial charge in [0.05, 0.1) is 24.0 Å². The molecule has 6 heterocycles. The third-order valence-corrected chi connectivity index (χ3v) is 9.96. The predicted octanol–water partition coefficient (Wildman–Crippen LogP) is 3.31. The quantitative estimate of drug-likeness (QED) is 0.423. The van der Waals surface area contributed by atoms with Gasteiger partial charge in [0.1, 0.15) is 17.2 Å². The van der Waals surface area contributed by atoms with Gasteiger partial charge in [-0.25, -0.2) is 15.0 Å². The zero-order valence-electron chi connectivity index (χ0n) is 20.3. The lowest BCUT2D eigenvalue weighted by Crippen LogP contribution is -2.63. The summed E-state index contributed by atoms with van der Waals surface area (Å²) in [5.41, 5.74) is 1.41. The first-order chi connectivity index (χ1) is 18.3. The summed E-state index contributed by atoms with van der Waals surface area (Å²) in [5, 5.41) is 7.10. The molecule has 13 heteroatoms. The number of anilines is 1. The second-order valence-corrected chi connectivity index (χ2v) is 12.0. The molecule has 198 valence electrons. The Hall–Kier alpha value is -3.32. The van der Waals surface area contributed by atoms with Crippen molar-refractivity contribution in [2.45, 2.75) is 31.1 Å². The highest BCUT2D eigenvalue weighted by molar-refractivity contribution is 7.86. The molecular weight excluding hydrogens is 517 g/mol. The molecule has 3 aliphatic rings. The van der Waals surface area contributed by atoms with E-state index in [1.165, 1.54) is 16.7 Å². The smallest absolute Gasteiger partial charge is 0.353 e. The largest absolute Gasteiger partial charge is 0.417 e. The van der Waals surface area contributed by atoms with Crippen LogP contribution in [-0.2, 0) is 17.0 Å². The number of halogens is 3. The van der Waals surface area contributed by atoms with Crippen molar-refractivity contribution in [2.24, 2.45) is 5.41 Å². The summed E-state index contributed by atoms with van der Waals surface area (Å²) in [6.07, 6.45) is 5.65. The number of fused-ring (bicyclic) bond motifs is 1. The molecular formula is C25H25F3N8OS. The lowest BCUT2D eigenvalue weighted by atomic mass is 9.66. The molecule has 2 aliphatic heterocycles. The molecule has 3 fully saturated rings. The lowest BCUT2D eigenvalue weighted by molar-refractivity contribution is -0.137. The molecule has 0 aromatic carbocycles. The van der Waals surface area contributed by atoms with Crippen molar-refractivity contribution in [3.8, 4) is 11.5 Å². The van der Waals surface area contributed by atoms with Crippen molar-refractivity contribution in [2.75, 3.05) is 36.0 Å². The first kappa shape index (κ1) is 23.8. The summed E-state index contributed by atoms with van der Waals surface area (Å²) >= 11 is 0. The minimum atomic E-state index is -4.46. The maximum atomic E-state index is 13.3. The maximum Gasteiger partial charge on any atom is 0.417 e. The second-order valence-electron chi connectivity index (χ2n) is 10.5. The number of aromatic amines is 1. The molecule has 1 saturated carbocycles. The Morgan fingerprint density at radius 1 is 1.08 bits per heavy atom. The molecule has 1 spiro atoms. The van der Waals surface area contributed by atoms with E-state index < -0.39 is 22.5 Å². The molecule has 0 amide bonds. The molecule has 4 aromatic heterocycles. The Morgan fingerprint density at radius 2 is 1.92 bits per heavy atom. The van der Waals surface area contributed by atoms with Crippen LogP contribution in [0.4, 0.5) is 19.0 Å². The number of hydrogen-bond acceptors (Lipinski definition) is 7. The molecule has 7 rings (SSSR count). The van der Waals surface area contributed by atoms with E-state index in [1.807, 2.05) is 18.5 Å². The third kappa shape index (κ3) is 3.99. The molecule has 1 unspecified atom stereocenters. The predicted molar refractivity (Wildman–Crippen MR) is 135 cm³/mol. The van der Waals surface area contributed by atoms with E-state index >= 15 is 0 Å². The van der Waals surface area contributed by atoms with E-state index in [4.69, 9.17) is 4.98 Å². The van der Waals surface area contributed by atoms with Crippen LogP contribution in [0.2, 0.25) is 0 Å². The number of pyridine rings is 1. The molecule has 0 bridgehead atoms. The Labute approximate surface area is 218 Å². The maximum absolute atomic E-state index is 13.3. The first-order valence-electron chi connectivity index (χ1n) is 12.5. The third-order valence-electron chi connectivity index (χ3n) is 8.09. The number of nitrogens with one attached hydrogen (secondary N) is 1. The Balaban J connectivity index is 1.15. The Bertz CT molecular complexity index is 1500. The molecule has 2 saturated heterocycles. The van der Waals surface area contributed by atoms with Crippen molar-refractivity contribution in [1.29, 1.82) is 0 Å². The van der Waals surface area contributed by atoms with Gasteiger partial charge in [-0.2, -0.15) is 18.3 Å². The minimum absolute atomic E-state index is 0.110. The van der Waals surface area contributed by atoms with E-state index in [0.717, 1.165) is 55.3 Å². The standard InChI is InChI=1S/C25H25F3N8OS/c26-25(27,28)17-1-2-21-30-11-19(36(21)12-17)23-29-4-3-22(33-23)34-5-6-35(20(13-34)16-9-31-32-10-16)18-7-24(8-18)14-38(37)15-24/h1-4,9-12,18,20H,5-8,13-15H2,(H,31,32). The number of alkyl halides is 3. The van der Waals surface area contributed by atoms with Crippen molar-refractivity contribution in [1.82, 2.24) is 34.4 Å². The van der Waals surface area contributed by atoms with Crippen molar-refractivity contribution in [3.05, 3.63) is 60.3 Å². The van der Waals surface area contributed by atoms with E-state index in [1.54, 1.807) is 6.20 Å². The molecule has 1 N–H and O–H groups in total. The summed E-state index contributed by atoms with van der Waals surface area (Å²) in [7, 11) is -0.647. The highest BCUT2D eigenvalue weighted by atomic mass is 32.2. The van der Waals surface area contributed by atoms with Crippen molar-refractivity contribution >= 4 is 22.3 Å².